The lowest BCUT2D eigenvalue weighted by atomic mass is 10.0. The molecule has 0 aliphatic carbocycles. The Balaban J connectivity index is 2.66. The molecule has 0 spiro atoms. The Morgan fingerprint density at radius 3 is 2.18 bits per heavy atom. The van der Waals surface area contributed by atoms with Gasteiger partial charge in [0.05, 0.1) is 0 Å². The molecule has 1 rings (SSSR count). The lowest BCUT2D eigenvalue weighted by Crippen LogP contribution is -1.93. The normalized spacial score (nSPS) is 10.5. The minimum absolute atomic E-state index is 0.155. The summed E-state index contributed by atoms with van der Waals surface area (Å²) in [4.78, 5) is 0. The van der Waals surface area contributed by atoms with E-state index in [0.29, 0.717) is 5.92 Å². The molecule has 0 saturated heterocycles. The Morgan fingerprint density at radius 2 is 1.73 bits per heavy atom. The van der Waals surface area contributed by atoms with E-state index < -0.39 is 0 Å². The van der Waals surface area contributed by atoms with Gasteiger partial charge in [-0.25, -0.2) is 4.39 Å². The van der Waals surface area contributed by atoms with Crippen LogP contribution < -0.4 is 0 Å². The molecule has 60 valence electrons. The first-order chi connectivity index (χ1) is 5.18. The third kappa shape index (κ3) is 2.71. The van der Waals surface area contributed by atoms with Crippen molar-refractivity contribution in [2.45, 2.75) is 20.3 Å². The molecule has 0 N–H and O–H groups in total. The summed E-state index contributed by atoms with van der Waals surface area (Å²) in [5.74, 6) is 0.484. The summed E-state index contributed by atoms with van der Waals surface area (Å²) in [6, 6.07) is 6.71. The molecule has 0 heterocycles. The van der Waals surface area contributed by atoms with Crippen LogP contribution >= 0.6 is 0 Å². The molecule has 0 aliphatic heterocycles. The van der Waals surface area contributed by atoms with Gasteiger partial charge in [-0.3, -0.25) is 0 Å². The average Bonchev–Trinajstić information content (AvgIpc) is 1.93. The molecular formula is C10H13F. The highest BCUT2D eigenvalue weighted by Crippen LogP contribution is 2.08. The first kappa shape index (κ1) is 8.25. The van der Waals surface area contributed by atoms with Crippen molar-refractivity contribution >= 4 is 0 Å². The van der Waals surface area contributed by atoms with Crippen LogP contribution in [0.1, 0.15) is 19.4 Å². The van der Waals surface area contributed by atoms with Crippen molar-refractivity contribution in [1.82, 2.24) is 0 Å². The molecule has 1 aromatic carbocycles. The standard InChI is InChI=1S/C10H13F/c1-8(2)7-9-3-5-10(11)6-4-9/h3-6,8H,7H2,1-2H3. The van der Waals surface area contributed by atoms with Crippen molar-refractivity contribution in [3.05, 3.63) is 35.6 Å². The van der Waals surface area contributed by atoms with Gasteiger partial charge in [0.1, 0.15) is 5.82 Å². The van der Waals surface area contributed by atoms with Crippen LogP contribution in [-0.2, 0) is 6.42 Å². The zero-order chi connectivity index (χ0) is 8.27. The van der Waals surface area contributed by atoms with E-state index in [9.17, 15) is 4.39 Å². The summed E-state index contributed by atoms with van der Waals surface area (Å²) >= 11 is 0. The Hall–Kier alpha value is -0.850. The molecule has 0 saturated carbocycles. The zero-order valence-corrected chi connectivity index (χ0v) is 6.97. The van der Waals surface area contributed by atoms with Gasteiger partial charge in [0.25, 0.3) is 0 Å². The fourth-order valence-electron chi connectivity index (χ4n) is 1.09. The lowest BCUT2D eigenvalue weighted by molar-refractivity contribution is 0.620. The third-order valence-electron chi connectivity index (χ3n) is 1.56. The average molecular weight is 152 g/mol. The van der Waals surface area contributed by atoms with Crippen molar-refractivity contribution in [1.29, 1.82) is 0 Å². The second-order valence-electron chi connectivity index (χ2n) is 3.22. The van der Waals surface area contributed by atoms with E-state index in [4.69, 9.17) is 0 Å². The predicted octanol–water partition coefficient (Wildman–Crippen LogP) is 3.02. The van der Waals surface area contributed by atoms with E-state index in [1.54, 1.807) is 0 Å². The van der Waals surface area contributed by atoms with E-state index in [2.05, 4.69) is 13.8 Å². The summed E-state index contributed by atoms with van der Waals surface area (Å²) in [7, 11) is 0. The minimum Gasteiger partial charge on any atom is -0.207 e. The summed E-state index contributed by atoms with van der Waals surface area (Å²) in [6.45, 7) is 4.31. The molecule has 0 amide bonds. The van der Waals surface area contributed by atoms with Gasteiger partial charge >= 0.3 is 0 Å². The van der Waals surface area contributed by atoms with Crippen LogP contribution in [0, 0.1) is 11.7 Å². The zero-order valence-electron chi connectivity index (χ0n) is 6.97. The molecule has 0 fully saturated rings. The first-order valence-electron chi connectivity index (χ1n) is 3.93. The van der Waals surface area contributed by atoms with E-state index in [0.717, 1.165) is 6.42 Å². The van der Waals surface area contributed by atoms with E-state index in [-0.39, 0.29) is 5.82 Å². The second-order valence-corrected chi connectivity index (χ2v) is 3.22. The Bertz CT molecular complexity index is 211. The molecule has 0 nitrogen and oxygen atoms in total. The summed E-state index contributed by atoms with van der Waals surface area (Å²) in [6.07, 6.45) is 1.03. The van der Waals surface area contributed by atoms with Crippen LogP contribution in [-0.4, -0.2) is 0 Å². The van der Waals surface area contributed by atoms with Crippen molar-refractivity contribution in [2.75, 3.05) is 0 Å². The maximum Gasteiger partial charge on any atom is 0.123 e. The Kier molecular flexibility index (Phi) is 2.64. The monoisotopic (exact) mass is 152 g/mol. The molecule has 0 bridgehead atoms. The Morgan fingerprint density at radius 1 is 1.18 bits per heavy atom. The van der Waals surface area contributed by atoms with Crippen LogP contribution in [0.15, 0.2) is 24.3 Å². The first-order valence-corrected chi connectivity index (χ1v) is 3.93. The van der Waals surface area contributed by atoms with Crippen LogP contribution in [0.2, 0.25) is 0 Å². The highest BCUT2D eigenvalue weighted by atomic mass is 19.1. The molecule has 0 aliphatic rings. The number of halogens is 1. The SMILES string of the molecule is CC(C)Cc1ccc(F)cc1. The number of rotatable bonds is 2. The molecule has 0 unspecified atom stereocenters. The maximum atomic E-state index is 12.4. The third-order valence-corrected chi connectivity index (χ3v) is 1.56. The largest absolute Gasteiger partial charge is 0.207 e. The fourth-order valence-corrected chi connectivity index (χ4v) is 1.09. The highest BCUT2D eigenvalue weighted by Gasteiger charge is 1.96. The van der Waals surface area contributed by atoms with E-state index >= 15 is 0 Å². The van der Waals surface area contributed by atoms with Crippen LogP contribution in [0.3, 0.4) is 0 Å². The van der Waals surface area contributed by atoms with Gasteiger partial charge in [-0.2, -0.15) is 0 Å². The van der Waals surface area contributed by atoms with Crippen molar-refractivity contribution in [3.63, 3.8) is 0 Å². The minimum atomic E-state index is -0.155. The topological polar surface area (TPSA) is 0 Å². The van der Waals surface area contributed by atoms with Gasteiger partial charge < -0.3 is 0 Å². The molecule has 0 radical (unpaired) electrons. The second kappa shape index (κ2) is 3.51. The van der Waals surface area contributed by atoms with Crippen molar-refractivity contribution in [2.24, 2.45) is 5.92 Å². The summed E-state index contributed by atoms with van der Waals surface area (Å²) in [5, 5.41) is 0. The predicted molar refractivity (Wildman–Crippen MR) is 44.9 cm³/mol. The lowest BCUT2D eigenvalue weighted by Gasteiger charge is -2.03. The fraction of sp³-hybridized carbons (Fsp3) is 0.400. The maximum absolute atomic E-state index is 12.4. The van der Waals surface area contributed by atoms with Gasteiger partial charge in [-0.15, -0.1) is 0 Å². The van der Waals surface area contributed by atoms with Gasteiger partial charge in [-0.1, -0.05) is 26.0 Å². The Labute approximate surface area is 67.1 Å². The molecule has 1 aromatic rings. The molecule has 11 heavy (non-hydrogen) atoms. The van der Waals surface area contributed by atoms with Gasteiger partial charge in [0.15, 0.2) is 0 Å². The van der Waals surface area contributed by atoms with Crippen LogP contribution in [0.4, 0.5) is 4.39 Å². The van der Waals surface area contributed by atoms with E-state index in [1.807, 2.05) is 12.1 Å². The quantitative estimate of drug-likeness (QED) is 0.611. The van der Waals surface area contributed by atoms with E-state index in [1.165, 1.54) is 17.7 Å². The van der Waals surface area contributed by atoms with Crippen molar-refractivity contribution < 1.29 is 4.39 Å². The number of hydrogen-bond acceptors (Lipinski definition) is 0. The molecular weight excluding hydrogens is 139 g/mol. The van der Waals surface area contributed by atoms with Gasteiger partial charge in [-0.05, 0) is 30.0 Å². The molecule has 0 aromatic heterocycles. The number of benzene rings is 1. The van der Waals surface area contributed by atoms with Crippen LogP contribution in [0.25, 0.3) is 0 Å². The highest BCUT2D eigenvalue weighted by molar-refractivity contribution is 5.16. The van der Waals surface area contributed by atoms with Gasteiger partial charge in [0, 0.05) is 0 Å². The van der Waals surface area contributed by atoms with Gasteiger partial charge in [0.2, 0.25) is 0 Å². The smallest absolute Gasteiger partial charge is 0.123 e. The molecule has 1 heteroatoms. The van der Waals surface area contributed by atoms with Crippen molar-refractivity contribution in [3.8, 4) is 0 Å². The summed E-state index contributed by atoms with van der Waals surface area (Å²) in [5.41, 5.74) is 1.21. The molecule has 0 atom stereocenters. The number of hydrogen-bond donors (Lipinski definition) is 0. The van der Waals surface area contributed by atoms with Crippen LogP contribution in [0.5, 0.6) is 0 Å². The summed E-state index contributed by atoms with van der Waals surface area (Å²) < 4.78 is 12.4.